The second-order valence-corrected chi connectivity index (χ2v) is 8.56. The van der Waals surface area contributed by atoms with E-state index in [0.717, 1.165) is 11.1 Å². The molecule has 0 atom stereocenters. The number of sulfone groups is 1. The van der Waals surface area contributed by atoms with Gasteiger partial charge in [-0.25, -0.2) is 13.9 Å². The summed E-state index contributed by atoms with van der Waals surface area (Å²) in [6.45, 7) is 2.23. The van der Waals surface area contributed by atoms with Crippen LogP contribution >= 0.6 is 0 Å². The number of aromatic nitrogens is 1. The van der Waals surface area contributed by atoms with Gasteiger partial charge >= 0.3 is 0 Å². The number of rotatable bonds is 4. The molecule has 7 nitrogen and oxygen atoms in total. The van der Waals surface area contributed by atoms with Crippen molar-refractivity contribution in [3.8, 4) is 11.3 Å². The molecule has 0 radical (unpaired) electrons. The zero-order valence-corrected chi connectivity index (χ0v) is 15.1. The van der Waals surface area contributed by atoms with E-state index in [-0.39, 0.29) is 31.0 Å². The standard InChI is InChI=1S/C18H20N2O5S/c1-13-2-4-14(5-3-13)16-7-6-15(12-19-16)26(23,24)18(17(21)20-22)8-10-25-11-9-18/h2-7,12,22H,8-11H2,1H3,(H,20,21). The lowest BCUT2D eigenvalue weighted by molar-refractivity contribution is -0.134. The van der Waals surface area contributed by atoms with Crippen LogP contribution in [0, 0.1) is 6.92 Å². The first-order valence-electron chi connectivity index (χ1n) is 8.21. The summed E-state index contributed by atoms with van der Waals surface area (Å²) in [5, 5.41) is 9.06. The minimum Gasteiger partial charge on any atom is -0.381 e. The molecule has 1 aromatic carbocycles. The van der Waals surface area contributed by atoms with E-state index in [1.54, 1.807) is 6.07 Å². The molecule has 1 aromatic heterocycles. The van der Waals surface area contributed by atoms with Crippen molar-refractivity contribution in [2.24, 2.45) is 0 Å². The van der Waals surface area contributed by atoms with Gasteiger partial charge in [0.25, 0.3) is 5.91 Å². The van der Waals surface area contributed by atoms with Gasteiger partial charge in [0.15, 0.2) is 14.6 Å². The molecular weight excluding hydrogens is 356 g/mol. The summed E-state index contributed by atoms with van der Waals surface area (Å²) in [6.07, 6.45) is 1.20. The number of hydroxylamine groups is 1. The highest BCUT2D eigenvalue weighted by Gasteiger charge is 2.52. The molecule has 0 spiro atoms. The Kier molecular flexibility index (Phi) is 5.08. The van der Waals surface area contributed by atoms with Gasteiger partial charge in [0.05, 0.1) is 10.6 Å². The molecule has 2 heterocycles. The Morgan fingerprint density at radius 3 is 2.35 bits per heavy atom. The molecule has 1 aliphatic rings. The topological polar surface area (TPSA) is 106 Å². The molecule has 3 rings (SSSR count). The maximum Gasteiger partial charge on any atom is 0.265 e. The number of carbonyl (C=O) groups is 1. The van der Waals surface area contributed by atoms with Crippen LogP contribution in [0.3, 0.4) is 0 Å². The van der Waals surface area contributed by atoms with E-state index in [1.807, 2.05) is 31.2 Å². The highest BCUT2D eigenvalue weighted by atomic mass is 32.2. The predicted molar refractivity (Wildman–Crippen MR) is 94.3 cm³/mol. The Morgan fingerprint density at radius 2 is 1.81 bits per heavy atom. The van der Waals surface area contributed by atoms with E-state index in [1.165, 1.54) is 17.7 Å². The van der Waals surface area contributed by atoms with Crippen LogP contribution in [0.2, 0.25) is 0 Å². The van der Waals surface area contributed by atoms with Crippen LogP contribution < -0.4 is 5.48 Å². The number of carbonyl (C=O) groups excluding carboxylic acids is 1. The van der Waals surface area contributed by atoms with Crippen LogP contribution in [0.25, 0.3) is 11.3 Å². The lowest BCUT2D eigenvalue weighted by Gasteiger charge is -2.34. The molecule has 2 N–H and O–H groups in total. The van der Waals surface area contributed by atoms with Crippen LogP contribution in [0.1, 0.15) is 18.4 Å². The number of nitrogens with one attached hydrogen (secondary N) is 1. The number of nitrogens with zero attached hydrogens (tertiary/aromatic N) is 1. The zero-order valence-electron chi connectivity index (χ0n) is 14.3. The number of amides is 1. The van der Waals surface area contributed by atoms with E-state index < -0.39 is 20.5 Å². The van der Waals surface area contributed by atoms with Gasteiger partial charge in [-0.15, -0.1) is 0 Å². The fourth-order valence-electron chi connectivity index (χ4n) is 3.08. The third-order valence-electron chi connectivity index (χ3n) is 4.72. The van der Waals surface area contributed by atoms with Gasteiger partial charge in [0.1, 0.15) is 0 Å². The van der Waals surface area contributed by atoms with Crippen LogP contribution in [-0.2, 0) is 19.4 Å². The molecule has 2 aromatic rings. The normalized spacial score (nSPS) is 16.8. The summed E-state index contributed by atoms with van der Waals surface area (Å²) in [7, 11) is -4.06. The Morgan fingerprint density at radius 1 is 1.15 bits per heavy atom. The molecule has 0 unspecified atom stereocenters. The van der Waals surface area contributed by atoms with Crippen LogP contribution in [0.4, 0.5) is 0 Å². The predicted octanol–water partition coefficient (Wildman–Crippen LogP) is 1.89. The smallest absolute Gasteiger partial charge is 0.265 e. The fraction of sp³-hybridized carbons (Fsp3) is 0.333. The number of hydrogen-bond acceptors (Lipinski definition) is 6. The summed E-state index contributed by atoms with van der Waals surface area (Å²) < 4.78 is 29.7. The van der Waals surface area contributed by atoms with Crippen molar-refractivity contribution in [2.45, 2.75) is 29.4 Å². The summed E-state index contributed by atoms with van der Waals surface area (Å²) >= 11 is 0. The molecule has 0 aliphatic carbocycles. The fourth-order valence-corrected chi connectivity index (χ4v) is 4.96. The van der Waals surface area contributed by atoms with Crippen molar-refractivity contribution >= 4 is 15.7 Å². The quantitative estimate of drug-likeness (QED) is 0.623. The van der Waals surface area contributed by atoms with Gasteiger partial charge in [0.2, 0.25) is 0 Å². The number of aryl methyl sites for hydroxylation is 1. The molecular formula is C18H20N2O5S. The Bertz CT molecular complexity index is 886. The molecule has 26 heavy (non-hydrogen) atoms. The molecule has 0 bridgehead atoms. The summed E-state index contributed by atoms with van der Waals surface area (Å²) in [4.78, 5) is 16.4. The van der Waals surface area contributed by atoms with E-state index in [0.29, 0.717) is 5.69 Å². The number of benzene rings is 1. The van der Waals surface area contributed by atoms with E-state index in [9.17, 15) is 13.2 Å². The molecule has 0 saturated carbocycles. The summed E-state index contributed by atoms with van der Waals surface area (Å²) in [5.74, 6) is -0.941. The number of ether oxygens (including phenoxy) is 1. The SMILES string of the molecule is Cc1ccc(-c2ccc(S(=O)(=O)C3(C(=O)NO)CCOCC3)cn2)cc1. The Balaban J connectivity index is 1.98. The van der Waals surface area contributed by atoms with Crippen molar-refractivity contribution in [2.75, 3.05) is 13.2 Å². The van der Waals surface area contributed by atoms with Gasteiger partial charge in [0, 0.05) is 25.0 Å². The molecule has 1 saturated heterocycles. The molecule has 8 heteroatoms. The van der Waals surface area contributed by atoms with Gasteiger partial charge < -0.3 is 4.74 Å². The number of hydrogen-bond donors (Lipinski definition) is 2. The molecule has 1 fully saturated rings. The molecule has 1 amide bonds. The minimum absolute atomic E-state index is 0.0263. The average molecular weight is 376 g/mol. The lowest BCUT2D eigenvalue weighted by atomic mass is 9.98. The van der Waals surface area contributed by atoms with E-state index in [4.69, 9.17) is 9.94 Å². The van der Waals surface area contributed by atoms with Crippen LogP contribution in [0.15, 0.2) is 47.5 Å². The number of pyridine rings is 1. The first-order valence-corrected chi connectivity index (χ1v) is 9.69. The van der Waals surface area contributed by atoms with Gasteiger partial charge in [-0.05, 0) is 31.9 Å². The highest BCUT2D eigenvalue weighted by Crippen LogP contribution is 2.35. The first-order chi connectivity index (χ1) is 12.4. The largest absolute Gasteiger partial charge is 0.381 e. The van der Waals surface area contributed by atoms with E-state index >= 15 is 0 Å². The van der Waals surface area contributed by atoms with Crippen LogP contribution in [-0.4, -0.2) is 42.5 Å². The summed E-state index contributed by atoms with van der Waals surface area (Å²) in [6, 6.07) is 10.8. The minimum atomic E-state index is -4.06. The zero-order chi connectivity index (χ0) is 18.8. The Labute approximate surface area is 151 Å². The molecule has 138 valence electrons. The summed E-state index contributed by atoms with van der Waals surface area (Å²) in [5.41, 5.74) is 4.12. The van der Waals surface area contributed by atoms with Gasteiger partial charge in [-0.2, -0.15) is 0 Å². The van der Waals surface area contributed by atoms with Gasteiger partial charge in [-0.1, -0.05) is 29.8 Å². The van der Waals surface area contributed by atoms with Crippen molar-refractivity contribution in [1.29, 1.82) is 0 Å². The Hall–Kier alpha value is -2.29. The monoisotopic (exact) mass is 376 g/mol. The molecule has 1 aliphatic heterocycles. The van der Waals surface area contributed by atoms with E-state index in [2.05, 4.69) is 4.98 Å². The van der Waals surface area contributed by atoms with Gasteiger partial charge in [-0.3, -0.25) is 15.0 Å². The van der Waals surface area contributed by atoms with Crippen molar-refractivity contribution in [1.82, 2.24) is 10.5 Å². The second kappa shape index (κ2) is 7.14. The third kappa shape index (κ3) is 3.11. The third-order valence-corrected chi connectivity index (χ3v) is 7.21. The van der Waals surface area contributed by atoms with Crippen molar-refractivity contribution < 1.29 is 23.2 Å². The average Bonchev–Trinajstić information content (AvgIpc) is 2.68. The maximum absolute atomic E-state index is 13.1. The maximum atomic E-state index is 13.1. The first kappa shape index (κ1) is 18.5. The highest BCUT2D eigenvalue weighted by molar-refractivity contribution is 7.93. The van der Waals surface area contributed by atoms with Crippen LogP contribution in [0.5, 0.6) is 0 Å². The van der Waals surface area contributed by atoms with Crippen molar-refractivity contribution in [3.63, 3.8) is 0 Å². The van der Waals surface area contributed by atoms with Crippen molar-refractivity contribution in [3.05, 3.63) is 48.2 Å². The lowest BCUT2D eigenvalue weighted by Crippen LogP contribution is -2.54. The second-order valence-electron chi connectivity index (χ2n) is 6.30.